The number of nitrogens with one attached hydrogen (secondary N) is 1. The van der Waals surface area contributed by atoms with E-state index in [-0.39, 0.29) is 15.6 Å². The molecule has 0 bridgehead atoms. The van der Waals surface area contributed by atoms with E-state index in [1.807, 2.05) is 0 Å². The normalized spacial score (nSPS) is 10.2. The molecule has 0 heterocycles. The Balaban J connectivity index is 2.35. The highest BCUT2D eigenvalue weighted by atomic mass is 35.5. The maximum Gasteiger partial charge on any atom is 0.257 e. The van der Waals surface area contributed by atoms with Gasteiger partial charge in [0.15, 0.2) is 0 Å². The Morgan fingerprint density at radius 1 is 1.09 bits per heavy atom. The summed E-state index contributed by atoms with van der Waals surface area (Å²) in [6.45, 7) is 0. The van der Waals surface area contributed by atoms with Crippen LogP contribution in [0.15, 0.2) is 30.3 Å². The van der Waals surface area contributed by atoms with Gasteiger partial charge in [0.2, 0.25) is 0 Å². The largest absolute Gasteiger partial charge is 0.497 e. The Labute approximate surface area is 136 Å². The van der Waals surface area contributed by atoms with E-state index in [1.165, 1.54) is 20.3 Å². The summed E-state index contributed by atoms with van der Waals surface area (Å²) in [5, 5.41) is 2.50. The van der Waals surface area contributed by atoms with E-state index >= 15 is 0 Å². The quantitative estimate of drug-likeness (QED) is 0.837. The first-order chi connectivity index (χ1) is 10.5. The molecule has 0 spiro atoms. The number of anilines is 1. The summed E-state index contributed by atoms with van der Waals surface area (Å²) in [6.07, 6.45) is 0. The molecule has 1 N–H and O–H groups in total. The second kappa shape index (κ2) is 6.85. The first-order valence-corrected chi connectivity index (χ1v) is 6.89. The molecule has 0 saturated heterocycles. The van der Waals surface area contributed by atoms with Gasteiger partial charge in [-0.05, 0) is 24.3 Å². The maximum absolute atomic E-state index is 13.5. The van der Waals surface area contributed by atoms with E-state index in [0.29, 0.717) is 17.2 Å². The summed E-state index contributed by atoms with van der Waals surface area (Å²) in [7, 11) is 2.96. The van der Waals surface area contributed by atoms with Crippen molar-refractivity contribution in [2.24, 2.45) is 0 Å². The van der Waals surface area contributed by atoms with Crippen molar-refractivity contribution in [3.63, 3.8) is 0 Å². The highest BCUT2D eigenvalue weighted by Crippen LogP contribution is 2.30. The number of hydrogen-bond donors (Lipinski definition) is 1. The number of methoxy groups -OCH3 is 2. The van der Waals surface area contributed by atoms with Crippen LogP contribution in [0.25, 0.3) is 0 Å². The molecule has 0 atom stereocenters. The molecule has 116 valence electrons. The maximum atomic E-state index is 13.5. The molecule has 2 rings (SSSR count). The van der Waals surface area contributed by atoms with E-state index in [2.05, 4.69) is 5.32 Å². The molecule has 0 radical (unpaired) electrons. The minimum atomic E-state index is -0.728. The third-order valence-electron chi connectivity index (χ3n) is 2.91. The summed E-state index contributed by atoms with van der Waals surface area (Å²) in [5.74, 6) is -0.356. The van der Waals surface area contributed by atoms with Crippen LogP contribution in [-0.4, -0.2) is 20.1 Å². The summed E-state index contributed by atoms with van der Waals surface area (Å²) in [5.41, 5.74) is 0.340. The molecule has 0 unspecified atom stereocenters. The van der Waals surface area contributed by atoms with Crippen LogP contribution < -0.4 is 14.8 Å². The summed E-state index contributed by atoms with van der Waals surface area (Å²) in [4.78, 5) is 12.3. The Morgan fingerprint density at radius 2 is 1.82 bits per heavy atom. The Bertz CT molecular complexity index is 722. The van der Waals surface area contributed by atoms with E-state index in [4.69, 9.17) is 32.7 Å². The monoisotopic (exact) mass is 343 g/mol. The van der Waals surface area contributed by atoms with Gasteiger partial charge in [0.25, 0.3) is 5.91 Å². The molecule has 0 fully saturated rings. The number of carbonyl (C=O) groups is 1. The van der Waals surface area contributed by atoms with Crippen LogP contribution in [0.3, 0.4) is 0 Å². The predicted octanol–water partition coefficient (Wildman–Crippen LogP) is 4.40. The zero-order chi connectivity index (χ0) is 16.3. The zero-order valence-electron chi connectivity index (χ0n) is 11.7. The molecule has 7 heteroatoms. The predicted molar refractivity (Wildman–Crippen MR) is 83.9 cm³/mol. The minimum Gasteiger partial charge on any atom is -0.497 e. The Morgan fingerprint density at radius 3 is 2.45 bits per heavy atom. The van der Waals surface area contributed by atoms with Gasteiger partial charge in [0.05, 0.1) is 35.5 Å². The van der Waals surface area contributed by atoms with Gasteiger partial charge >= 0.3 is 0 Å². The molecule has 0 aliphatic carbocycles. The van der Waals surface area contributed by atoms with E-state index in [1.54, 1.807) is 18.2 Å². The van der Waals surface area contributed by atoms with Crippen LogP contribution in [0.2, 0.25) is 10.0 Å². The van der Waals surface area contributed by atoms with Crippen LogP contribution in [0.4, 0.5) is 10.1 Å². The molecule has 22 heavy (non-hydrogen) atoms. The Hall–Kier alpha value is -1.98. The second-order valence-corrected chi connectivity index (χ2v) is 5.08. The molecular formula is C15H12Cl2FNO3. The van der Waals surface area contributed by atoms with Crippen molar-refractivity contribution in [1.29, 1.82) is 0 Å². The van der Waals surface area contributed by atoms with Crippen molar-refractivity contribution in [3.8, 4) is 11.5 Å². The lowest BCUT2D eigenvalue weighted by Crippen LogP contribution is -2.13. The second-order valence-electron chi connectivity index (χ2n) is 4.27. The molecule has 0 aliphatic heterocycles. The van der Waals surface area contributed by atoms with Crippen LogP contribution in [0.1, 0.15) is 10.4 Å². The molecule has 1 amide bonds. The highest BCUT2D eigenvalue weighted by molar-refractivity contribution is 6.37. The van der Waals surface area contributed by atoms with Crippen molar-refractivity contribution in [1.82, 2.24) is 0 Å². The van der Waals surface area contributed by atoms with Gasteiger partial charge in [0, 0.05) is 6.07 Å². The smallest absolute Gasteiger partial charge is 0.257 e. The summed E-state index contributed by atoms with van der Waals surface area (Å²) in [6, 6.07) is 7.06. The van der Waals surface area contributed by atoms with Crippen molar-refractivity contribution >= 4 is 34.8 Å². The van der Waals surface area contributed by atoms with Crippen LogP contribution >= 0.6 is 23.2 Å². The third-order valence-corrected chi connectivity index (χ3v) is 3.51. The number of rotatable bonds is 4. The van der Waals surface area contributed by atoms with Crippen molar-refractivity contribution in [3.05, 3.63) is 51.8 Å². The number of amides is 1. The minimum absolute atomic E-state index is 0.0339. The first kappa shape index (κ1) is 16.4. The fraction of sp³-hybridized carbons (Fsp3) is 0.133. The van der Waals surface area contributed by atoms with Crippen LogP contribution in [0, 0.1) is 5.82 Å². The van der Waals surface area contributed by atoms with Crippen LogP contribution in [0.5, 0.6) is 11.5 Å². The fourth-order valence-electron chi connectivity index (χ4n) is 1.80. The van der Waals surface area contributed by atoms with Crippen molar-refractivity contribution < 1.29 is 18.7 Å². The molecule has 0 aliphatic rings. The summed E-state index contributed by atoms with van der Waals surface area (Å²) >= 11 is 11.5. The standard InChI is InChI=1S/C15H12Cl2FNO3/c1-21-8-3-4-14(22-2)13(5-8)19-15(20)9-6-12(18)11(17)7-10(9)16/h3-7H,1-2H3,(H,19,20). The lowest BCUT2D eigenvalue weighted by atomic mass is 10.2. The van der Waals surface area contributed by atoms with E-state index < -0.39 is 11.7 Å². The van der Waals surface area contributed by atoms with Crippen LogP contribution in [-0.2, 0) is 0 Å². The number of benzene rings is 2. The number of ether oxygens (including phenoxy) is 2. The molecule has 0 saturated carbocycles. The fourth-order valence-corrected chi connectivity index (χ4v) is 2.27. The third kappa shape index (κ3) is 3.43. The van der Waals surface area contributed by atoms with E-state index in [9.17, 15) is 9.18 Å². The molecule has 0 aromatic heterocycles. The van der Waals surface area contributed by atoms with Gasteiger partial charge in [-0.2, -0.15) is 0 Å². The lowest BCUT2D eigenvalue weighted by molar-refractivity contribution is 0.102. The first-order valence-electron chi connectivity index (χ1n) is 6.14. The number of carbonyl (C=O) groups excluding carboxylic acids is 1. The van der Waals surface area contributed by atoms with Gasteiger partial charge in [-0.3, -0.25) is 4.79 Å². The molecule has 2 aromatic carbocycles. The lowest BCUT2D eigenvalue weighted by Gasteiger charge is -2.12. The molecular weight excluding hydrogens is 332 g/mol. The highest BCUT2D eigenvalue weighted by Gasteiger charge is 2.16. The number of hydrogen-bond acceptors (Lipinski definition) is 3. The van der Waals surface area contributed by atoms with E-state index in [0.717, 1.165) is 6.07 Å². The van der Waals surface area contributed by atoms with Crippen molar-refractivity contribution in [2.45, 2.75) is 0 Å². The SMILES string of the molecule is COc1ccc(OC)c(NC(=O)c2cc(F)c(Cl)cc2Cl)c1. The average Bonchev–Trinajstić information content (AvgIpc) is 2.50. The number of halogens is 3. The Kier molecular flexibility index (Phi) is 5.11. The average molecular weight is 344 g/mol. The molecule has 4 nitrogen and oxygen atoms in total. The van der Waals surface area contributed by atoms with Crippen molar-refractivity contribution in [2.75, 3.05) is 19.5 Å². The van der Waals surface area contributed by atoms with Gasteiger partial charge in [-0.1, -0.05) is 23.2 Å². The van der Waals surface area contributed by atoms with Gasteiger partial charge in [0.1, 0.15) is 17.3 Å². The summed E-state index contributed by atoms with van der Waals surface area (Å²) < 4.78 is 23.8. The molecule has 2 aromatic rings. The van der Waals surface area contributed by atoms with Gasteiger partial charge < -0.3 is 14.8 Å². The van der Waals surface area contributed by atoms with Gasteiger partial charge in [-0.25, -0.2) is 4.39 Å². The zero-order valence-corrected chi connectivity index (χ0v) is 13.3. The topological polar surface area (TPSA) is 47.6 Å². The van der Waals surface area contributed by atoms with Gasteiger partial charge in [-0.15, -0.1) is 0 Å².